The highest BCUT2D eigenvalue weighted by atomic mass is 16.3. The van der Waals surface area contributed by atoms with E-state index in [9.17, 15) is 9.90 Å². The third-order valence-corrected chi connectivity index (χ3v) is 3.09. The first kappa shape index (κ1) is 12.8. The smallest absolute Gasteiger partial charge is 0.223 e. The predicted molar refractivity (Wildman–Crippen MR) is 66.2 cm³/mol. The van der Waals surface area contributed by atoms with E-state index in [4.69, 9.17) is 0 Å². The second-order valence-corrected chi connectivity index (χ2v) is 4.50. The van der Waals surface area contributed by atoms with Crippen LogP contribution in [0.4, 0.5) is 0 Å². The van der Waals surface area contributed by atoms with E-state index in [-0.39, 0.29) is 17.5 Å². The molecular weight excluding hydrogens is 200 g/mol. The van der Waals surface area contributed by atoms with Crippen LogP contribution in [0.3, 0.4) is 0 Å². The van der Waals surface area contributed by atoms with Gasteiger partial charge in [0.1, 0.15) is 0 Å². The van der Waals surface area contributed by atoms with Crippen LogP contribution in [0.2, 0.25) is 0 Å². The van der Waals surface area contributed by atoms with Crippen molar-refractivity contribution in [3.8, 4) is 0 Å². The molecule has 0 aromatic heterocycles. The molecular formula is C14H20O2. The van der Waals surface area contributed by atoms with Crippen LogP contribution in [0.25, 0.3) is 0 Å². The summed E-state index contributed by atoms with van der Waals surface area (Å²) in [6.07, 6.45) is 5.16. The van der Waals surface area contributed by atoms with Crippen LogP contribution < -0.4 is 0 Å². The van der Waals surface area contributed by atoms with E-state index >= 15 is 0 Å². The van der Waals surface area contributed by atoms with Crippen molar-refractivity contribution < 1.29 is 9.90 Å². The molecule has 0 aromatic rings. The average molecular weight is 220 g/mol. The minimum atomic E-state index is -0.194. The second-order valence-electron chi connectivity index (χ2n) is 4.50. The van der Waals surface area contributed by atoms with Crippen molar-refractivity contribution >= 4 is 5.78 Å². The first-order valence-electron chi connectivity index (χ1n) is 5.78. The van der Waals surface area contributed by atoms with Crippen molar-refractivity contribution in [2.45, 2.75) is 33.6 Å². The molecule has 0 heterocycles. The van der Waals surface area contributed by atoms with Crippen LogP contribution in [-0.4, -0.2) is 10.9 Å². The van der Waals surface area contributed by atoms with Gasteiger partial charge in [0.2, 0.25) is 5.78 Å². The molecule has 2 heteroatoms. The zero-order chi connectivity index (χ0) is 12.3. The highest BCUT2D eigenvalue weighted by Crippen LogP contribution is 2.40. The maximum absolute atomic E-state index is 11.8. The van der Waals surface area contributed by atoms with Gasteiger partial charge in [0.25, 0.3) is 0 Å². The van der Waals surface area contributed by atoms with E-state index < -0.39 is 0 Å². The Morgan fingerprint density at radius 3 is 2.56 bits per heavy atom. The first-order valence-corrected chi connectivity index (χ1v) is 5.78. The molecule has 1 unspecified atom stereocenters. The zero-order valence-corrected chi connectivity index (χ0v) is 10.3. The Bertz CT molecular complexity index is 359. The summed E-state index contributed by atoms with van der Waals surface area (Å²) in [5, 5.41) is 9.86. The molecule has 0 fully saturated rings. The van der Waals surface area contributed by atoms with Crippen LogP contribution in [0.5, 0.6) is 0 Å². The first-order chi connectivity index (χ1) is 7.54. The SMILES string of the molecule is C=CCCC1=C(O)C(=O)/C(=C/C)C1C(C)C. The molecule has 1 aliphatic carbocycles. The number of aliphatic hydroxyl groups excluding tert-OH is 1. The fourth-order valence-corrected chi connectivity index (χ4v) is 2.36. The van der Waals surface area contributed by atoms with E-state index in [0.29, 0.717) is 5.92 Å². The summed E-state index contributed by atoms with van der Waals surface area (Å²) in [6, 6.07) is 0. The van der Waals surface area contributed by atoms with E-state index in [0.717, 1.165) is 24.0 Å². The Balaban J connectivity index is 3.09. The summed E-state index contributed by atoms with van der Waals surface area (Å²) in [6.45, 7) is 9.68. The largest absolute Gasteiger partial charge is 0.504 e. The van der Waals surface area contributed by atoms with Gasteiger partial charge in [-0.05, 0) is 31.3 Å². The highest BCUT2D eigenvalue weighted by Gasteiger charge is 2.37. The van der Waals surface area contributed by atoms with Crippen LogP contribution in [0.1, 0.15) is 33.6 Å². The number of carbonyl (C=O) groups is 1. The van der Waals surface area contributed by atoms with Crippen molar-refractivity contribution in [2.75, 3.05) is 0 Å². The van der Waals surface area contributed by atoms with Gasteiger partial charge in [-0.15, -0.1) is 6.58 Å². The zero-order valence-electron chi connectivity index (χ0n) is 10.3. The monoisotopic (exact) mass is 220 g/mol. The van der Waals surface area contributed by atoms with Gasteiger partial charge in [0.15, 0.2) is 5.76 Å². The van der Waals surface area contributed by atoms with Crippen LogP contribution in [-0.2, 0) is 4.79 Å². The van der Waals surface area contributed by atoms with E-state index in [1.807, 2.05) is 19.1 Å². The maximum atomic E-state index is 11.8. The lowest BCUT2D eigenvalue weighted by Crippen LogP contribution is -2.12. The lowest BCUT2D eigenvalue weighted by Gasteiger charge is -2.19. The molecule has 0 spiro atoms. The standard InChI is InChI=1S/C14H20O2/c1-5-7-8-11-12(9(3)4)10(6-2)13(15)14(11)16/h5-6,9,12,16H,1,7-8H2,2-4H3/b10-6+. The van der Waals surface area contributed by atoms with Gasteiger partial charge >= 0.3 is 0 Å². The van der Waals surface area contributed by atoms with Crippen molar-refractivity contribution in [1.82, 2.24) is 0 Å². The Labute approximate surface area is 97.4 Å². The van der Waals surface area contributed by atoms with Gasteiger partial charge in [-0.25, -0.2) is 0 Å². The molecule has 0 saturated carbocycles. The maximum Gasteiger partial charge on any atom is 0.223 e. The van der Waals surface area contributed by atoms with E-state index in [2.05, 4.69) is 20.4 Å². The molecule has 1 rings (SSSR count). The Morgan fingerprint density at radius 2 is 2.12 bits per heavy atom. The fraction of sp³-hybridized carbons (Fsp3) is 0.500. The van der Waals surface area contributed by atoms with Gasteiger partial charge in [0.05, 0.1) is 0 Å². The molecule has 0 amide bonds. The molecule has 1 aliphatic rings. The van der Waals surface area contributed by atoms with Crippen LogP contribution in [0.15, 0.2) is 35.6 Å². The summed E-state index contributed by atoms with van der Waals surface area (Å²) < 4.78 is 0. The van der Waals surface area contributed by atoms with Gasteiger partial charge in [0, 0.05) is 11.5 Å². The molecule has 0 saturated heterocycles. The molecule has 2 nitrogen and oxygen atoms in total. The molecule has 16 heavy (non-hydrogen) atoms. The summed E-state index contributed by atoms with van der Waals surface area (Å²) in [4.78, 5) is 11.8. The van der Waals surface area contributed by atoms with E-state index in [1.165, 1.54) is 0 Å². The summed E-state index contributed by atoms with van der Waals surface area (Å²) in [5.41, 5.74) is 1.62. The molecule has 0 aliphatic heterocycles. The summed E-state index contributed by atoms with van der Waals surface area (Å²) in [7, 11) is 0. The number of hydrogen-bond acceptors (Lipinski definition) is 2. The molecule has 1 atom stereocenters. The Hall–Kier alpha value is -1.31. The van der Waals surface area contributed by atoms with Gasteiger partial charge in [-0.3, -0.25) is 4.79 Å². The third kappa shape index (κ3) is 2.11. The van der Waals surface area contributed by atoms with Crippen molar-refractivity contribution in [3.63, 3.8) is 0 Å². The lowest BCUT2D eigenvalue weighted by molar-refractivity contribution is -0.114. The van der Waals surface area contributed by atoms with Crippen molar-refractivity contribution in [2.24, 2.45) is 11.8 Å². The van der Waals surface area contributed by atoms with Crippen LogP contribution in [0, 0.1) is 11.8 Å². The quantitative estimate of drug-likeness (QED) is 0.581. The van der Waals surface area contributed by atoms with Gasteiger partial charge in [-0.2, -0.15) is 0 Å². The summed E-state index contributed by atoms with van der Waals surface area (Å²) in [5.74, 6) is 0.186. The van der Waals surface area contributed by atoms with Crippen molar-refractivity contribution in [1.29, 1.82) is 0 Å². The van der Waals surface area contributed by atoms with Crippen LogP contribution >= 0.6 is 0 Å². The number of carbonyl (C=O) groups excluding carboxylic acids is 1. The highest BCUT2D eigenvalue weighted by molar-refractivity contribution is 6.10. The lowest BCUT2D eigenvalue weighted by atomic mass is 9.84. The normalized spacial score (nSPS) is 23.6. The number of Topliss-reactive ketones (excluding diaryl/α,β-unsaturated/α-hetero) is 1. The average Bonchev–Trinajstić information content (AvgIpc) is 2.49. The fourth-order valence-electron chi connectivity index (χ4n) is 2.36. The predicted octanol–water partition coefficient (Wildman–Crippen LogP) is 3.57. The van der Waals surface area contributed by atoms with Crippen molar-refractivity contribution in [3.05, 3.63) is 35.6 Å². The summed E-state index contributed by atoms with van der Waals surface area (Å²) >= 11 is 0. The number of aliphatic hydroxyl groups is 1. The molecule has 88 valence electrons. The number of rotatable bonds is 4. The Kier molecular flexibility index (Phi) is 4.11. The topological polar surface area (TPSA) is 37.3 Å². The minimum Gasteiger partial charge on any atom is -0.504 e. The number of hydrogen-bond donors (Lipinski definition) is 1. The molecule has 1 N–H and O–H groups in total. The Morgan fingerprint density at radius 1 is 1.50 bits per heavy atom. The van der Waals surface area contributed by atoms with Gasteiger partial charge < -0.3 is 5.11 Å². The third-order valence-electron chi connectivity index (χ3n) is 3.09. The molecule has 0 aromatic carbocycles. The number of ketones is 1. The van der Waals surface area contributed by atoms with Gasteiger partial charge in [-0.1, -0.05) is 26.0 Å². The van der Waals surface area contributed by atoms with E-state index in [1.54, 1.807) is 0 Å². The number of allylic oxidation sites excluding steroid dienone is 4. The molecule has 0 radical (unpaired) electrons. The minimum absolute atomic E-state index is 0.0337. The second kappa shape index (κ2) is 5.15. The molecule has 0 bridgehead atoms.